The topological polar surface area (TPSA) is 82.4 Å². The van der Waals surface area contributed by atoms with Crippen LogP contribution in [0.1, 0.15) is 40.7 Å². The number of carboxylic acid groups (broad SMARTS) is 1. The molecule has 1 aliphatic rings. The Morgan fingerprint density at radius 3 is 2.96 bits per heavy atom. The molecule has 0 aliphatic carbocycles. The molecule has 1 aliphatic heterocycles. The standard InChI is InChI=1S/C19H19N3O3/c23-19(24)15-5-2-1-4-14(15)18-8-7-13(25-18)12-22-11-3-6-17(22)16-9-10-20-21-16/h1-2,4-5,7-10,17H,3,6,11-12H2,(H,20,21)(H,23,24)/t17-/m0/s1. The Hall–Kier alpha value is -2.86. The number of likely N-dealkylation sites (tertiary alicyclic amines) is 1. The highest BCUT2D eigenvalue weighted by molar-refractivity contribution is 5.95. The molecule has 1 fully saturated rings. The van der Waals surface area contributed by atoms with Crippen molar-refractivity contribution in [2.45, 2.75) is 25.4 Å². The van der Waals surface area contributed by atoms with Crippen molar-refractivity contribution in [2.24, 2.45) is 0 Å². The van der Waals surface area contributed by atoms with Gasteiger partial charge in [-0.2, -0.15) is 5.10 Å². The second kappa shape index (κ2) is 6.57. The summed E-state index contributed by atoms with van der Waals surface area (Å²) >= 11 is 0. The van der Waals surface area contributed by atoms with E-state index in [2.05, 4.69) is 15.1 Å². The summed E-state index contributed by atoms with van der Waals surface area (Å²) in [4.78, 5) is 13.8. The first-order valence-corrected chi connectivity index (χ1v) is 8.37. The molecule has 3 aromatic rings. The number of aromatic nitrogens is 2. The summed E-state index contributed by atoms with van der Waals surface area (Å²) in [5.74, 6) is 0.472. The van der Waals surface area contributed by atoms with E-state index >= 15 is 0 Å². The molecule has 2 aromatic heterocycles. The zero-order chi connectivity index (χ0) is 17.2. The first-order chi connectivity index (χ1) is 12.2. The van der Waals surface area contributed by atoms with Crippen LogP contribution < -0.4 is 0 Å². The van der Waals surface area contributed by atoms with Crippen LogP contribution in [0.25, 0.3) is 11.3 Å². The van der Waals surface area contributed by atoms with E-state index in [0.29, 0.717) is 23.9 Å². The maximum absolute atomic E-state index is 11.4. The third kappa shape index (κ3) is 3.08. The van der Waals surface area contributed by atoms with E-state index in [1.165, 1.54) is 0 Å². The molecule has 0 bridgehead atoms. The number of carboxylic acids is 1. The first kappa shape index (κ1) is 15.7. The van der Waals surface area contributed by atoms with E-state index in [-0.39, 0.29) is 5.56 Å². The van der Waals surface area contributed by atoms with Gasteiger partial charge in [-0.1, -0.05) is 18.2 Å². The van der Waals surface area contributed by atoms with E-state index < -0.39 is 5.97 Å². The molecule has 4 rings (SSSR count). The number of aromatic carboxylic acids is 1. The minimum atomic E-state index is -0.951. The monoisotopic (exact) mass is 337 g/mol. The van der Waals surface area contributed by atoms with Gasteiger partial charge in [-0.05, 0) is 43.7 Å². The molecule has 2 N–H and O–H groups in total. The van der Waals surface area contributed by atoms with Crippen molar-refractivity contribution in [3.63, 3.8) is 0 Å². The van der Waals surface area contributed by atoms with Crippen LogP contribution >= 0.6 is 0 Å². The molecule has 0 saturated carbocycles. The summed E-state index contributed by atoms with van der Waals surface area (Å²) in [7, 11) is 0. The van der Waals surface area contributed by atoms with Crippen LogP contribution in [0.15, 0.2) is 53.1 Å². The highest BCUT2D eigenvalue weighted by Gasteiger charge is 2.27. The van der Waals surface area contributed by atoms with Gasteiger partial charge in [0.05, 0.1) is 23.8 Å². The minimum absolute atomic E-state index is 0.250. The van der Waals surface area contributed by atoms with Gasteiger partial charge < -0.3 is 9.52 Å². The lowest BCUT2D eigenvalue weighted by molar-refractivity contribution is 0.0697. The molecular formula is C19H19N3O3. The van der Waals surface area contributed by atoms with Crippen LogP contribution in [0.2, 0.25) is 0 Å². The Balaban J connectivity index is 1.55. The molecule has 1 atom stereocenters. The number of benzene rings is 1. The molecule has 3 heterocycles. The quantitative estimate of drug-likeness (QED) is 0.742. The molecule has 25 heavy (non-hydrogen) atoms. The first-order valence-electron chi connectivity index (χ1n) is 8.37. The highest BCUT2D eigenvalue weighted by atomic mass is 16.4. The summed E-state index contributed by atoms with van der Waals surface area (Å²) < 4.78 is 5.96. The average Bonchev–Trinajstić information content (AvgIpc) is 3.36. The van der Waals surface area contributed by atoms with Crippen LogP contribution in [0.4, 0.5) is 0 Å². The fourth-order valence-electron chi connectivity index (χ4n) is 3.51. The number of nitrogens with one attached hydrogen (secondary N) is 1. The number of carbonyl (C=O) groups is 1. The highest BCUT2D eigenvalue weighted by Crippen LogP contribution is 2.33. The molecule has 0 unspecified atom stereocenters. The van der Waals surface area contributed by atoms with Crippen molar-refractivity contribution in [3.8, 4) is 11.3 Å². The Morgan fingerprint density at radius 2 is 2.16 bits per heavy atom. The van der Waals surface area contributed by atoms with Crippen molar-refractivity contribution < 1.29 is 14.3 Å². The van der Waals surface area contributed by atoms with Crippen molar-refractivity contribution in [1.29, 1.82) is 0 Å². The zero-order valence-corrected chi connectivity index (χ0v) is 13.7. The zero-order valence-electron chi connectivity index (χ0n) is 13.7. The fraction of sp³-hybridized carbons (Fsp3) is 0.263. The minimum Gasteiger partial charge on any atom is -0.478 e. The molecule has 6 heteroatoms. The number of hydrogen-bond acceptors (Lipinski definition) is 4. The average molecular weight is 337 g/mol. The van der Waals surface area contributed by atoms with Crippen LogP contribution in [-0.2, 0) is 6.54 Å². The Bertz CT molecular complexity index is 870. The molecule has 0 amide bonds. The molecular weight excluding hydrogens is 318 g/mol. The number of nitrogens with zero attached hydrogens (tertiary/aromatic N) is 2. The second-order valence-corrected chi connectivity index (χ2v) is 6.26. The lowest BCUT2D eigenvalue weighted by Gasteiger charge is -2.22. The van der Waals surface area contributed by atoms with Crippen molar-refractivity contribution in [2.75, 3.05) is 6.54 Å². The van der Waals surface area contributed by atoms with Crippen LogP contribution in [0.3, 0.4) is 0 Å². The van der Waals surface area contributed by atoms with E-state index in [0.717, 1.165) is 30.8 Å². The Labute approximate surface area is 145 Å². The predicted molar refractivity (Wildman–Crippen MR) is 92.1 cm³/mol. The third-order valence-corrected chi connectivity index (χ3v) is 4.69. The smallest absolute Gasteiger partial charge is 0.336 e. The van der Waals surface area contributed by atoms with Gasteiger partial charge in [0.15, 0.2) is 0 Å². The van der Waals surface area contributed by atoms with Gasteiger partial charge >= 0.3 is 5.97 Å². The molecule has 128 valence electrons. The Morgan fingerprint density at radius 1 is 1.28 bits per heavy atom. The van der Waals surface area contributed by atoms with Gasteiger partial charge in [-0.15, -0.1) is 0 Å². The number of furan rings is 1. The maximum atomic E-state index is 11.4. The van der Waals surface area contributed by atoms with Gasteiger partial charge in [0.1, 0.15) is 11.5 Å². The van der Waals surface area contributed by atoms with Crippen LogP contribution in [0.5, 0.6) is 0 Å². The summed E-state index contributed by atoms with van der Waals surface area (Å²) in [6.07, 6.45) is 4.01. The fourth-order valence-corrected chi connectivity index (χ4v) is 3.51. The summed E-state index contributed by atoms with van der Waals surface area (Å²) in [6, 6.07) is 13.0. The van der Waals surface area contributed by atoms with Crippen LogP contribution in [-0.4, -0.2) is 32.7 Å². The van der Waals surface area contributed by atoms with Crippen LogP contribution in [0, 0.1) is 0 Å². The van der Waals surface area contributed by atoms with Gasteiger partial charge in [-0.3, -0.25) is 10.00 Å². The van der Waals surface area contributed by atoms with Gasteiger partial charge in [0.25, 0.3) is 0 Å². The summed E-state index contributed by atoms with van der Waals surface area (Å²) in [5, 5.41) is 16.5. The summed E-state index contributed by atoms with van der Waals surface area (Å²) in [6.45, 7) is 1.70. The van der Waals surface area contributed by atoms with Gasteiger partial charge in [0, 0.05) is 11.8 Å². The Kier molecular flexibility index (Phi) is 4.11. The molecule has 1 saturated heterocycles. The summed E-state index contributed by atoms with van der Waals surface area (Å²) in [5.41, 5.74) is 1.98. The number of rotatable bonds is 5. The molecule has 0 radical (unpaired) electrons. The molecule has 0 spiro atoms. The van der Waals surface area contributed by atoms with Crippen molar-refractivity contribution in [3.05, 3.63) is 65.7 Å². The predicted octanol–water partition coefficient (Wildman–Crippen LogP) is 3.71. The van der Waals surface area contributed by atoms with E-state index in [9.17, 15) is 9.90 Å². The van der Waals surface area contributed by atoms with E-state index in [1.54, 1.807) is 24.4 Å². The number of aromatic amines is 1. The SMILES string of the molecule is O=C(O)c1ccccc1-c1ccc(CN2CCC[C@H]2c2ccn[nH]2)o1. The molecule has 6 nitrogen and oxygen atoms in total. The second-order valence-electron chi connectivity index (χ2n) is 6.26. The van der Waals surface area contributed by atoms with Crippen molar-refractivity contribution in [1.82, 2.24) is 15.1 Å². The van der Waals surface area contributed by atoms with E-state index in [4.69, 9.17) is 4.42 Å². The number of H-pyrrole nitrogens is 1. The largest absolute Gasteiger partial charge is 0.478 e. The van der Waals surface area contributed by atoms with E-state index in [1.807, 2.05) is 24.3 Å². The number of hydrogen-bond donors (Lipinski definition) is 2. The van der Waals surface area contributed by atoms with Crippen molar-refractivity contribution >= 4 is 5.97 Å². The van der Waals surface area contributed by atoms with Gasteiger partial charge in [-0.25, -0.2) is 4.79 Å². The normalized spacial score (nSPS) is 17.8. The lowest BCUT2D eigenvalue weighted by Crippen LogP contribution is -2.22. The van der Waals surface area contributed by atoms with Gasteiger partial charge in [0.2, 0.25) is 0 Å². The maximum Gasteiger partial charge on any atom is 0.336 e. The third-order valence-electron chi connectivity index (χ3n) is 4.69. The molecule has 1 aromatic carbocycles. The lowest BCUT2D eigenvalue weighted by atomic mass is 10.1.